The van der Waals surface area contributed by atoms with Crippen LogP contribution in [0.4, 0.5) is 0 Å². The van der Waals surface area contributed by atoms with E-state index in [2.05, 4.69) is 11.8 Å². The minimum absolute atomic E-state index is 0.210. The molecule has 1 saturated heterocycles. The highest BCUT2D eigenvalue weighted by Crippen LogP contribution is 2.08. The third-order valence-corrected chi connectivity index (χ3v) is 2.67. The smallest absolute Gasteiger partial charge is 0.0900 e. The zero-order valence-electron chi connectivity index (χ0n) is 9.56. The van der Waals surface area contributed by atoms with E-state index in [4.69, 9.17) is 4.74 Å². The van der Waals surface area contributed by atoms with E-state index >= 15 is 0 Å². The molecule has 1 heterocycles. The van der Waals surface area contributed by atoms with Gasteiger partial charge in [-0.15, -0.1) is 0 Å². The lowest BCUT2D eigenvalue weighted by atomic mass is 10.3. The molecule has 2 N–H and O–H groups in total. The second-order valence-electron chi connectivity index (χ2n) is 4.28. The van der Waals surface area contributed by atoms with Gasteiger partial charge in [0.05, 0.1) is 18.8 Å². The molecule has 1 aliphatic heterocycles. The van der Waals surface area contributed by atoms with Gasteiger partial charge < -0.3 is 14.9 Å². The van der Waals surface area contributed by atoms with E-state index in [1.54, 1.807) is 0 Å². The summed E-state index contributed by atoms with van der Waals surface area (Å²) in [5.41, 5.74) is 0. The third-order valence-electron chi connectivity index (χ3n) is 2.67. The Balaban J connectivity index is 2.00. The molecule has 2 unspecified atom stereocenters. The molecule has 1 fully saturated rings. The van der Waals surface area contributed by atoms with Crippen LogP contribution < -0.4 is 0 Å². The van der Waals surface area contributed by atoms with Crippen LogP contribution in [-0.4, -0.2) is 60.2 Å². The molecule has 4 nitrogen and oxygen atoms in total. The van der Waals surface area contributed by atoms with Crippen LogP contribution in [0.1, 0.15) is 26.2 Å². The molecule has 0 spiro atoms. The third kappa shape index (κ3) is 5.47. The van der Waals surface area contributed by atoms with Crippen molar-refractivity contribution in [2.24, 2.45) is 0 Å². The Kier molecular flexibility index (Phi) is 6.17. The van der Waals surface area contributed by atoms with Crippen LogP contribution in [-0.2, 0) is 4.74 Å². The first-order valence-corrected chi connectivity index (χ1v) is 5.88. The highest BCUT2D eigenvalue weighted by atomic mass is 16.5. The number of hydrogen-bond donors (Lipinski definition) is 2. The van der Waals surface area contributed by atoms with Crippen molar-refractivity contribution in [3.8, 4) is 0 Å². The molecular weight excluding hydrogens is 194 g/mol. The lowest BCUT2D eigenvalue weighted by Crippen LogP contribution is -2.34. The number of β-amino-alcohol motifs (C(OH)–C–C–N with tert-alkyl or cyclic N) is 2. The number of aliphatic hydroxyl groups excluding tert-OH is 2. The Bertz CT molecular complexity index is 166. The molecule has 0 aliphatic carbocycles. The van der Waals surface area contributed by atoms with E-state index in [0.717, 1.165) is 32.4 Å². The average molecular weight is 217 g/mol. The predicted molar refractivity (Wildman–Crippen MR) is 58.8 cm³/mol. The second kappa shape index (κ2) is 7.17. The number of ether oxygens (including phenoxy) is 1. The van der Waals surface area contributed by atoms with Gasteiger partial charge in [0, 0.05) is 26.2 Å². The maximum absolute atomic E-state index is 9.65. The summed E-state index contributed by atoms with van der Waals surface area (Å²) in [6, 6.07) is 0. The maximum atomic E-state index is 9.65. The quantitative estimate of drug-likeness (QED) is 0.599. The summed E-state index contributed by atoms with van der Waals surface area (Å²) in [7, 11) is 0. The summed E-state index contributed by atoms with van der Waals surface area (Å²) in [6.45, 7) is 5.44. The standard InChI is InChI=1S/C11H23NO3/c1-2-3-6-15-9-11(14)8-12-5-4-10(13)7-12/h10-11,13-14H,2-9H2,1H3. The highest BCUT2D eigenvalue weighted by Gasteiger charge is 2.21. The molecule has 0 aromatic rings. The molecule has 0 radical (unpaired) electrons. The van der Waals surface area contributed by atoms with E-state index in [-0.39, 0.29) is 6.10 Å². The Morgan fingerprint density at radius 3 is 2.93 bits per heavy atom. The summed E-state index contributed by atoms with van der Waals surface area (Å²) in [6.07, 6.45) is 2.36. The molecule has 90 valence electrons. The van der Waals surface area contributed by atoms with Gasteiger partial charge in [0.1, 0.15) is 0 Å². The molecule has 0 bridgehead atoms. The van der Waals surface area contributed by atoms with E-state index in [0.29, 0.717) is 19.7 Å². The summed E-state index contributed by atoms with van der Waals surface area (Å²) < 4.78 is 5.33. The Labute approximate surface area is 91.8 Å². The topological polar surface area (TPSA) is 52.9 Å². The molecule has 1 aliphatic rings. The number of likely N-dealkylation sites (tertiary alicyclic amines) is 1. The van der Waals surface area contributed by atoms with Gasteiger partial charge in [-0.2, -0.15) is 0 Å². The number of rotatable bonds is 7. The Morgan fingerprint density at radius 1 is 1.53 bits per heavy atom. The first-order chi connectivity index (χ1) is 7.22. The number of unbranched alkanes of at least 4 members (excludes halogenated alkanes) is 1. The first-order valence-electron chi connectivity index (χ1n) is 5.88. The Hall–Kier alpha value is -0.160. The molecule has 2 atom stereocenters. The van der Waals surface area contributed by atoms with Crippen LogP contribution >= 0.6 is 0 Å². The van der Waals surface area contributed by atoms with Crippen LogP contribution in [0.15, 0.2) is 0 Å². The van der Waals surface area contributed by atoms with Crippen LogP contribution in [0, 0.1) is 0 Å². The van der Waals surface area contributed by atoms with Gasteiger partial charge in [-0.1, -0.05) is 13.3 Å². The van der Waals surface area contributed by atoms with E-state index in [9.17, 15) is 10.2 Å². The fraction of sp³-hybridized carbons (Fsp3) is 1.00. The zero-order valence-corrected chi connectivity index (χ0v) is 9.56. The molecule has 4 heteroatoms. The lowest BCUT2D eigenvalue weighted by Gasteiger charge is -2.19. The van der Waals surface area contributed by atoms with Gasteiger partial charge in [-0.3, -0.25) is 4.90 Å². The van der Waals surface area contributed by atoms with E-state index in [1.165, 1.54) is 0 Å². The molecule has 0 amide bonds. The molecule has 15 heavy (non-hydrogen) atoms. The SMILES string of the molecule is CCCCOCC(O)CN1CCC(O)C1. The van der Waals surface area contributed by atoms with Crippen LogP contribution in [0.5, 0.6) is 0 Å². The van der Waals surface area contributed by atoms with Crippen molar-refractivity contribution >= 4 is 0 Å². The summed E-state index contributed by atoms with van der Waals surface area (Å²) in [5.74, 6) is 0. The Morgan fingerprint density at radius 2 is 2.33 bits per heavy atom. The minimum atomic E-state index is -0.424. The average Bonchev–Trinajstić information content (AvgIpc) is 2.59. The van der Waals surface area contributed by atoms with Crippen molar-refractivity contribution in [2.75, 3.05) is 32.8 Å². The monoisotopic (exact) mass is 217 g/mol. The second-order valence-corrected chi connectivity index (χ2v) is 4.28. The van der Waals surface area contributed by atoms with E-state index in [1.807, 2.05) is 0 Å². The predicted octanol–water partition coefficient (Wildman–Crippen LogP) is 0.231. The van der Waals surface area contributed by atoms with Crippen molar-refractivity contribution < 1.29 is 14.9 Å². The van der Waals surface area contributed by atoms with Gasteiger partial charge >= 0.3 is 0 Å². The van der Waals surface area contributed by atoms with Gasteiger partial charge in [0.25, 0.3) is 0 Å². The van der Waals surface area contributed by atoms with Crippen molar-refractivity contribution in [3.05, 3.63) is 0 Å². The van der Waals surface area contributed by atoms with Gasteiger partial charge in [0.15, 0.2) is 0 Å². The van der Waals surface area contributed by atoms with Crippen molar-refractivity contribution in [1.82, 2.24) is 4.90 Å². The molecule has 0 aromatic carbocycles. The normalized spacial score (nSPS) is 24.6. The van der Waals surface area contributed by atoms with Crippen molar-refractivity contribution in [1.29, 1.82) is 0 Å². The van der Waals surface area contributed by atoms with Crippen molar-refractivity contribution in [2.45, 2.75) is 38.4 Å². The molecule has 1 rings (SSSR count). The zero-order chi connectivity index (χ0) is 11.1. The maximum Gasteiger partial charge on any atom is 0.0900 e. The number of aliphatic hydroxyl groups is 2. The number of nitrogens with zero attached hydrogens (tertiary/aromatic N) is 1. The summed E-state index contributed by atoms with van der Waals surface area (Å²) in [4.78, 5) is 2.08. The van der Waals surface area contributed by atoms with Crippen LogP contribution in [0.3, 0.4) is 0 Å². The fourth-order valence-corrected chi connectivity index (χ4v) is 1.79. The molecular formula is C11H23NO3. The first kappa shape index (κ1) is 12.9. The fourth-order valence-electron chi connectivity index (χ4n) is 1.79. The highest BCUT2D eigenvalue weighted by molar-refractivity contribution is 4.76. The van der Waals surface area contributed by atoms with E-state index < -0.39 is 6.10 Å². The molecule has 0 saturated carbocycles. The minimum Gasteiger partial charge on any atom is -0.392 e. The van der Waals surface area contributed by atoms with Gasteiger partial charge in [-0.25, -0.2) is 0 Å². The summed E-state index contributed by atoms with van der Waals surface area (Å²) >= 11 is 0. The van der Waals surface area contributed by atoms with Gasteiger partial charge in [0.2, 0.25) is 0 Å². The van der Waals surface area contributed by atoms with Crippen LogP contribution in [0.2, 0.25) is 0 Å². The largest absolute Gasteiger partial charge is 0.392 e. The van der Waals surface area contributed by atoms with Crippen molar-refractivity contribution in [3.63, 3.8) is 0 Å². The summed E-state index contributed by atoms with van der Waals surface area (Å²) in [5, 5.41) is 19.0. The lowest BCUT2D eigenvalue weighted by molar-refractivity contribution is 0.0177. The van der Waals surface area contributed by atoms with Gasteiger partial charge in [-0.05, 0) is 12.8 Å². The number of hydrogen-bond acceptors (Lipinski definition) is 4. The molecule has 0 aromatic heterocycles. The van der Waals surface area contributed by atoms with Crippen LogP contribution in [0.25, 0.3) is 0 Å².